The van der Waals surface area contributed by atoms with E-state index in [0.717, 1.165) is 29.3 Å². The molecule has 6 nitrogen and oxygen atoms in total. The third kappa shape index (κ3) is 5.96. The standard InChI is InChI=1S/C29H30B3ClF5N3O3S/c1-11-7-40(8-12(2)41(11)28(43)23(30)25(31)32)26-15-4-16(29(36,37)38)21(14-5-17(33)19(35)6-18(14)34)24-22(15)20(27(42)39-26)13(9-44-3)10-45-24/h4-6,11-13,20H,7-10,30-32H2,1-3H3/t11-,12+,13-,20?/m0/s1. The Labute approximate surface area is 270 Å². The van der Waals surface area contributed by atoms with Gasteiger partial charge in [-0.25, -0.2) is 8.78 Å². The zero-order valence-electron chi connectivity index (χ0n) is 25.6. The highest BCUT2D eigenvalue weighted by atomic mass is 35.5. The predicted octanol–water partition coefficient (Wildman–Crippen LogP) is 3.03. The van der Waals surface area contributed by atoms with Gasteiger partial charge in [0.1, 0.15) is 41.0 Å². The van der Waals surface area contributed by atoms with Gasteiger partial charge in [-0.1, -0.05) is 11.6 Å². The number of nitrogens with zero attached hydrogens (tertiary/aromatic N) is 3. The van der Waals surface area contributed by atoms with Crippen LogP contribution in [0.4, 0.5) is 22.0 Å². The molecule has 236 valence electrons. The summed E-state index contributed by atoms with van der Waals surface area (Å²) in [6, 6.07) is 1.52. The molecule has 0 aromatic heterocycles. The van der Waals surface area contributed by atoms with Gasteiger partial charge in [0.2, 0.25) is 5.91 Å². The van der Waals surface area contributed by atoms with Gasteiger partial charge < -0.3 is 14.5 Å². The minimum Gasteiger partial charge on any atom is -0.384 e. The van der Waals surface area contributed by atoms with E-state index in [2.05, 4.69) is 4.99 Å². The fourth-order valence-electron chi connectivity index (χ4n) is 6.51. The summed E-state index contributed by atoms with van der Waals surface area (Å²) in [6.07, 6.45) is -4.95. The Morgan fingerprint density at radius 3 is 2.31 bits per heavy atom. The number of ether oxygens (including phenoxy) is 1. The van der Waals surface area contributed by atoms with Crippen LogP contribution in [0.2, 0.25) is 5.02 Å². The van der Waals surface area contributed by atoms with Crippen LogP contribution in [0.3, 0.4) is 0 Å². The second kappa shape index (κ2) is 12.4. The molecule has 1 fully saturated rings. The van der Waals surface area contributed by atoms with Crippen LogP contribution in [0.5, 0.6) is 0 Å². The molecule has 2 amide bonds. The van der Waals surface area contributed by atoms with Crippen LogP contribution in [0.25, 0.3) is 11.1 Å². The van der Waals surface area contributed by atoms with Crippen molar-refractivity contribution in [2.24, 2.45) is 10.9 Å². The summed E-state index contributed by atoms with van der Waals surface area (Å²) < 4.78 is 79.3. The number of carbonyl (C=O) groups is 2. The Morgan fingerprint density at radius 1 is 1.09 bits per heavy atom. The number of carbonyl (C=O) groups excluding carboxylic acids is 2. The average Bonchev–Trinajstić information content (AvgIpc) is 2.95. The van der Waals surface area contributed by atoms with Crippen LogP contribution in [-0.2, 0) is 20.5 Å². The number of amidine groups is 1. The van der Waals surface area contributed by atoms with E-state index >= 15 is 4.39 Å². The van der Waals surface area contributed by atoms with E-state index in [1.165, 1.54) is 7.11 Å². The van der Waals surface area contributed by atoms with E-state index in [-0.39, 0.29) is 59.7 Å². The second-order valence-corrected chi connectivity index (χ2v) is 13.5. The highest BCUT2D eigenvalue weighted by Crippen LogP contribution is 2.54. The number of rotatable bonds is 4. The highest BCUT2D eigenvalue weighted by Gasteiger charge is 2.47. The van der Waals surface area contributed by atoms with Crippen molar-refractivity contribution >= 4 is 64.6 Å². The Kier molecular flexibility index (Phi) is 9.29. The normalized spacial score (nSPS) is 23.0. The zero-order valence-corrected chi connectivity index (χ0v) is 27.2. The lowest BCUT2D eigenvalue weighted by molar-refractivity contribution is -0.137. The predicted molar refractivity (Wildman–Crippen MR) is 172 cm³/mol. The minimum absolute atomic E-state index is 0.0746. The highest BCUT2D eigenvalue weighted by molar-refractivity contribution is 7.99. The first-order valence-corrected chi connectivity index (χ1v) is 15.8. The van der Waals surface area contributed by atoms with Crippen LogP contribution in [-0.4, -0.2) is 95.6 Å². The molecule has 3 heterocycles. The number of amides is 2. The quantitative estimate of drug-likeness (QED) is 0.218. The Hall–Kier alpha value is -2.77. The second-order valence-electron chi connectivity index (χ2n) is 12.1. The molecule has 45 heavy (non-hydrogen) atoms. The van der Waals surface area contributed by atoms with Gasteiger partial charge in [0.25, 0.3) is 5.91 Å². The SMILES string of the molecule is BC(B)=C(B)C(=O)N1[C@H](C)CN(C2=NC(=O)C3c4c2cc(C(F)(F)F)c(-c2cc(Cl)c(F)cc2F)c4SC[C@@H]3COC)C[C@@H]1C. The summed E-state index contributed by atoms with van der Waals surface area (Å²) in [7, 11) is 6.93. The van der Waals surface area contributed by atoms with Gasteiger partial charge >= 0.3 is 6.18 Å². The number of alkyl halides is 3. The average molecular weight is 664 g/mol. The monoisotopic (exact) mass is 663 g/mol. The molecule has 1 saturated heterocycles. The molecule has 2 aromatic carbocycles. The lowest BCUT2D eigenvalue weighted by Crippen LogP contribution is -2.60. The van der Waals surface area contributed by atoms with Crippen LogP contribution in [0.15, 0.2) is 38.9 Å². The van der Waals surface area contributed by atoms with E-state index in [0.29, 0.717) is 17.1 Å². The fourth-order valence-corrected chi connectivity index (χ4v) is 8.10. The smallest absolute Gasteiger partial charge is 0.384 e. The molecule has 0 spiro atoms. The maximum atomic E-state index is 15.3. The summed E-state index contributed by atoms with van der Waals surface area (Å²) in [4.78, 5) is 35.0. The molecule has 0 N–H and O–H groups in total. The lowest BCUT2D eigenvalue weighted by atomic mass is 9.69. The van der Waals surface area contributed by atoms with Crippen molar-refractivity contribution in [1.29, 1.82) is 0 Å². The molecule has 2 aromatic rings. The number of aliphatic imine (C=N–C) groups is 1. The molecule has 4 atom stereocenters. The maximum absolute atomic E-state index is 15.3. The topological polar surface area (TPSA) is 62.2 Å². The van der Waals surface area contributed by atoms with Gasteiger partial charge in [0, 0.05) is 71.6 Å². The lowest BCUT2D eigenvalue weighted by Gasteiger charge is -2.47. The van der Waals surface area contributed by atoms with Crippen molar-refractivity contribution in [3.63, 3.8) is 0 Å². The number of thioether (sulfide) groups is 1. The first-order valence-electron chi connectivity index (χ1n) is 14.5. The van der Waals surface area contributed by atoms with Crippen LogP contribution in [0, 0.1) is 17.6 Å². The van der Waals surface area contributed by atoms with E-state index in [9.17, 15) is 27.2 Å². The van der Waals surface area contributed by atoms with Crippen molar-refractivity contribution in [2.75, 3.05) is 32.6 Å². The summed E-state index contributed by atoms with van der Waals surface area (Å²) in [5.41, 5.74) is -1.11. The molecule has 1 unspecified atom stereocenters. The number of hydrogen-bond donors (Lipinski definition) is 0. The van der Waals surface area contributed by atoms with Crippen molar-refractivity contribution < 1.29 is 36.3 Å². The minimum atomic E-state index is -4.95. The van der Waals surface area contributed by atoms with Crippen molar-refractivity contribution in [1.82, 2.24) is 9.80 Å². The molecule has 5 rings (SSSR count). The van der Waals surface area contributed by atoms with Crippen molar-refractivity contribution in [3.8, 4) is 11.1 Å². The first-order chi connectivity index (χ1) is 21.1. The number of methoxy groups -OCH3 is 1. The molecule has 0 aliphatic carbocycles. The number of benzene rings is 2. The van der Waals surface area contributed by atoms with Gasteiger partial charge in [-0.3, -0.25) is 9.59 Å². The summed E-state index contributed by atoms with van der Waals surface area (Å²) in [6.45, 7) is 4.28. The van der Waals surface area contributed by atoms with E-state index in [4.69, 9.17) is 16.3 Å². The van der Waals surface area contributed by atoms with Gasteiger partial charge in [-0.15, -0.1) is 17.1 Å². The van der Waals surface area contributed by atoms with E-state index in [1.807, 2.05) is 29.5 Å². The van der Waals surface area contributed by atoms with Crippen molar-refractivity contribution in [3.05, 3.63) is 62.4 Å². The molecular formula is C29H30B3ClF5N3O3S. The Morgan fingerprint density at radius 2 is 1.73 bits per heavy atom. The maximum Gasteiger partial charge on any atom is 0.417 e. The third-order valence-corrected chi connectivity index (χ3v) is 10.4. The number of piperazine rings is 1. The van der Waals surface area contributed by atoms with Crippen LogP contribution >= 0.6 is 23.4 Å². The van der Waals surface area contributed by atoms with Crippen molar-refractivity contribution in [2.45, 2.75) is 42.9 Å². The fraction of sp³-hybridized carbons (Fsp3) is 0.414. The van der Waals surface area contributed by atoms with E-state index in [1.54, 1.807) is 17.6 Å². The van der Waals surface area contributed by atoms with E-state index < -0.39 is 57.3 Å². The van der Waals surface area contributed by atoms with Crippen LogP contribution in [0.1, 0.15) is 36.5 Å². The number of hydrogen-bond acceptors (Lipinski definition) is 5. The first kappa shape index (κ1) is 33.6. The molecule has 16 heteroatoms. The summed E-state index contributed by atoms with van der Waals surface area (Å²) in [5.74, 6) is -4.03. The Balaban J connectivity index is 1.71. The van der Waals surface area contributed by atoms with Crippen LogP contribution < -0.4 is 0 Å². The van der Waals surface area contributed by atoms with Gasteiger partial charge in [-0.05, 0) is 37.0 Å². The molecule has 3 aliphatic rings. The van der Waals surface area contributed by atoms with Gasteiger partial charge in [-0.2, -0.15) is 18.2 Å². The third-order valence-electron chi connectivity index (χ3n) is 8.76. The molecule has 0 bridgehead atoms. The Bertz CT molecular complexity index is 1640. The molecule has 0 saturated carbocycles. The van der Waals surface area contributed by atoms with Gasteiger partial charge in [0.05, 0.1) is 23.1 Å². The summed E-state index contributed by atoms with van der Waals surface area (Å²) in [5, 5.41) is 0.347. The molecule has 0 radical (unpaired) electrons. The largest absolute Gasteiger partial charge is 0.417 e. The molecular weight excluding hydrogens is 633 g/mol. The van der Waals surface area contributed by atoms with Gasteiger partial charge in [0.15, 0.2) is 0 Å². The zero-order chi connectivity index (χ0) is 33.1. The number of halogens is 6. The summed E-state index contributed by atoms with van der Waals surface area (Å²) >= 11 is 7.01. The molecule has 3 aliphatic heterocycles.